The SMILES string of the molecule is CNC(=O)OCCOC(=O)C(C)(C)CC(C)(CC(C)(Br)C(=O)OC)C(=O)OCCOP(=O)(O)OCC[N+](C)(C)C. The molecular weight excluding hydrogens is 619 g/mol. The second-order valence-corrected chi connectivity index (χ2v) is 14.5. The van der Waals surface area contributed by atoms with Gasteiger partial charge in [0.2, 0.25) is 0 Å². The van der Waals surface area contributed by atoms with Crippen LogP contribution in [0, 0.1) is 10.8 Å². The van der Waals surface area contributed by atoms with Crippen molar-refractivity contribution in [1.29, 1.82) is 0 Å². The van der Waals surface area contributed by atoms with Crippen LogP contribution in [0.15, 0.2) is 0 Å². The van der Waals surface area contributed by atoms with Gasteiger partial charge in [0.05, 0.1) is 45.7 Å². The fraction of sp³-hybridized carbons (Fsp3) is 0.833. The van der Waals surface area contributed by atoms with E-state index in [0.29, 0.717) is 11.0 Å². The van der Waals surface area contributed by atoms with Crippen molar-refractivity contribution in [2.75, 3.05) is 74.9 Å². The van der Waals surface area contributed by atoms with Gasteiger partial charge < -0.3 is 33.6 Å². The zero-order valence-corrected chi connectivity index (χ0v) is 27.3. The number of carbonyl (C=O) groups excluding carboxylic acids is 4. The largest absolute Gasteiger partial charge is 0.472 e. The van der Waals surface area contributed by atoms with Crippen LogP contribution in [0.1, 0.15) is 40.5 Å². The van der Waals surface area contributed by atoms with Gasteiger partial charge in [-0.3, -0.25) is 23.4 Å². The number of phosphoric ester groups is 1. The maximum absolute atomic E-state index is 13.3. The molecule has 1 amide bonds. The minimum absolute atomic E-state index is 0.0182. The summed E-state index contributed by atoms with van der Waals surface area (Å²) >= 11 is 3.31. The Hall–Kier alpha value is -1.77. The van der Waals surface area contributed by atoms with Gasteiger partial charge in [0.15, 0.2) is 0 Å². The highest BCUT2D eigenvalue weighted by molar-refractivity contribution is 9.10. The van der Waals surface area contributed by atoms with Crippen molar-refractivity contribution >= 4 is 47.8 Å². The second-order valence-electron chi connectivity index (χ2n) is 11.3. The van der Waals surface area contributed by atoms with Crippen molar-refractivity contribution in [2.24, 2.45) is 10.8 Å². The standard InChI is InChI=1S/C24H44BrN2O12P/c1-22(2,18(28)35-12-13-37-21(31)26-5)16-23(3,17-24(4,25)20(30)34-9)19(29)36-14-15-39-40(32,33)38-11-10-27(6,7)8/h10-17H2,1-9H3,(H-,26,31,32,33)/p+1. The quantitative estimate of drug-likeness (QED) is 0.0548. The molecule has 16 heteroatoms. The van der Waals surface area contributed by atoms with Crippen LogP contribution < -0.4 is 5.32 Å². The second kappa shape index (κ2) is 16.0. The first-order valence-electron chi connectivity index (χ1n) is 12.5. The average molecular weight is 665 g/mol. The number of hydrogen-bond acceptors (Lipinski definition) is 11. The van der Waals surface area contributed by atoms with Gasteiger partial charge >= 0.3 is 31.8 Å². The first-order valence-corrected chi connectivity index (χ1v) is 14.8. The van der Waals surface area contributed by atoms with Crippen LogP contribution in [0.4, 0.5) is 4.79 Å². The number of alkyl carbamates (subject to hydrolysis) is 1. The lowest BCUT2D eigenvalue weighted by molar-refractivity contribution is -0.870. The normalized spacial score (nSPS) is 16.5. The molecule has 0 saturated carbocycles. The van der Waals surface area contributed by atoms with E-state index in [1.165, 1.54) is 28.0 Å². The van der Waals surface area contributed by atoms with Crippen molar-refractivity contribution in [3.63, 3.8) is 0 Å². The number of quaternary nitrogens is 1. The van der Waals surface area contributed by atoms with Crippen LogP contribution in [-0.2, 0) is 46.9 Å². The van der Waals surface area contributed by atoms with E-state index in [1.54, 1.807) is 13.8 Å². The maximum atomic E-state index is 13.3. The summed E-state index contributed by atoms with van der Waals surface area (Å²) in [5, 5.41) is 2.26. The van der Waals surface area contributed by atoms with E-state index in [0.717, 1.165) is 0 Å². The molecule has 0 rings (SSSR count). The number of alkyl halides is 1. The molecule has 2 N–H and O–H groups in total. The Kier molecular flexibility index (Phi) is 15.3. The van der Waals surface area contributed by atoms with E-state index in [9.17, 15) is 28.6 Å². The van der Waals surface area contributed by atoms with E-state index in [4.69, 9.17) is 28.0 Å². The Labute approximate surface area is 244 Å². The van der Waals surface area contributed by atoms with Gasteiger partial charge in [-0.05, 0) is 40.5 Å². The summed E-state index contributed by atoms with van der Waals surface area (Å²) in [4.78, 5) is 59.5. The van der Waals surface area contributed by atoms with E-state index in [1.807, 2.05) is 21.1 Å². The van der Waals surface area contributed by atoms with Gasteiger partial charge in [-0.15, -0.1) is 0 Å². The molecule has 40 heavy (non-hydrogen) atoms. The van der Waals surface area contributed by atoms with Gasteiger partial charge in [0, 0.05) is 7.05 Å². The number of amides is 1. The third-order valence-electron chi connectivity index (χ3n) is 5.55. The molecule has 234 valence electrons. The molecule has 0 fully saturated rings. The zero-order chi connectivity index (χ0) is 31.4. The van der Waals surface area contributed by atoms with Gasteiger partial charge in [-0.1, -0.05) is 15.9 Å². The highest BCUT2D eigenvalue weighted by atomic mass is 79.9. The molecule has 0 saturated heterocycles. The molecule has 0 radical (unpaired) electrons. The number of nitrogens with one attached hydrogen (secondary N) is 1. The summed E-state index contributed by atoms with van der Waals surface area (Å²) in [6, 6.07) is 0. The lowest BCUT2D eigenvalue weighted by atomic mass is 9.69. The van der Waals surface area contributed by atoms with Gasteiger partial charge in [0.25, 0.3) is 0 Å². The molecule has 0 bridgehead atoms. The number of nitrogens with zero attached hydrogens (tertiary/aromatic N) is 1. The Bertz CT molecular complexity index is 922. The van der Waals surface area contributed by atoms with Crippen LogP contribution >= 0.6 is 23.8 Å². The number of rotatable bonds is 18. The van der Waals surface area contributed by atoms with Gasteiger partial charge in [-0.25, -0.2) is 9.36 Å². The third-order valence-corrected chi connectivity index (χ3v) is 7.17. The first-order chi connectivity index (χ1) is 18.1. The molecule has 0 aromatic rings. The molecule has 0 heterocycles. The van der Waals surface area contributed by atoms with Gasteiger partial charge in [0.1, 0.15) is 37.3 Å². The number of hydrogen-bond donors (Lipinski definition) is 2. The third kappa shape index (κ3) is 14.7. The summed E-state index contributed by atoms with van der Waals surface area (Å²) in [5.41, 5.74) is -2.67. The van der Waals surface area contributed by atoms with E-state index in [2.05, 4.69) is 21.2 Å². The molecule has 3 unspecified atom stereocenters. The molecule has 3 atom stereocenters. The number of carbonyl (C=O) groups is 4. The molecule has 0 aliphatic heterocycles. The van der Waals surface area contributed by atoms with Crippen molar-refractivity contribution in [2.45, 2.75) is 44.9 Å². The predicted octanol–water partition coefficient (Wildman–Crippen LogP) is 2.41. The number of methoxy groups -OCH3 is 1. The number of halogens is 1. The summed E-state index contributed by atoms with van der Waals surface area (Å²) in [5.74, 6) is -2.10. The summed E-state index contributed by atoms with van der Waals surface area (Å²) in [6.07, 6.45) is -0.919. The van der Waals surface area contributed by atoms with Gasteiger partial charge in [-0.2, -0.15) is 0 Å². The van der Waals surface area contributed by atoms with Crippen molar-refractivity contribution < 1.29 is 61.1 Å². The Balaban J connectivity index is 5.41. The van der Waals surface area contributed by atoms with Crippen LogP contribution in [0.5, 0.6) is 0 Å². The predicted molar refractivity (Wildman–Crippen MR) is 147 cm³/mol. The monoisotopic (exact) mass is 663 g/mol. The van der Waals surface area contributed by atoms with Crippen molar-refractivity contribution in [1.82, 2.24) is 5.32 Å². The zero-order valence-electron chi connectivity index (χ0n) is 24.9. The van der Waals surface area contributed by atoms with Crippen molar-refractivity contribution in [3.05, 3.63) is 0 Å². The fourth-order valence-corrected chi connectivity index (χ4v) is 5.21. The smallest absolute Gasteiger partial charge is 0.468 e. The number of ether oxygens (including phenoxy) is 4. The van der Waals surface area contributed by atoms with E-state index in [-0.39, 0.29) is 32.7 Å². The van der Waals surface area contributed by atoms with Crippen molar-refractivity contribution in [3.8, 4) is 0 Å². The highest BCUT2D eigenvalue weighted by Gasteiger charge is 2.49. The topological polar surface area (TPSA) is 173 Å². The molecule has 0 aliphatic carbocycles. The lowest BCUT2D eigenvalue weighted by Crippen LogP contribution is -2.45. The minimum Gasteiger partial charge on any atom is -0.468 e. The Morgan fingerprint density at radius 2 is 1.32 bits per heavy atom. The number of esters is 3. The molecule has 0 spiro atoms. The summed E-state index contributed by atoms with van der Waals surface area (Å²) < 4.78 is 41.3. The fourth-order valence-electron chi connectivity index (χ4n) is 3.74. The van der Waals surface area contributed by atoms with E-state index >= 15 is 0 Å². The van der Waals surface area contributed by atoms with Crippen LogP contribution in [0.25, 0.3) is 0 Å². The number of likely N-dealkylation sites (N-methyl/N-ethyl adjacent to an activating group) is 1. The summed E-state index contributed by atoms with van der Waals surface area (Å²) in [6.45, 7) is 5.40. The Morgan fingerprint density at radius 3 is 1.85 bits per heavy atom. The molecule has 0 aliphatic rings. The molecular formula is C24H45BrN2O12P+. The van der Waals surface area contributed by atoms with Crippen LogP contribution in [0.3, 0.4) is 0 Å². The molecule has 0 aromatic carbocycles. The Morgan fingerprint density at radius 1 is 0.825 bits per heavy atom. The highest BCUT2D eigenvalue weighted by Crippen LogP contribution is 2.45. The minimum atomic E-state index is -4.37. The first kappa shape index (κ1) is 38.2. The lowest BCUT2D eigenvalue weighted by Gasteiger charge is -2.37. The molecule has 14 nitrogen and oxygen atoms in total. The maximum Gasteiger partial charge on any atom is 0.472 e. The van der Waals surface area contributed by atoms with E-state index < -0.39 is 60.2 Å². The summed E-state index contributed by atoms with van der Waals surface area (Å²) in [7, 11) is 3.90. The van der Waals surface area contributed by atoms with Crippen LogP contribution in [-0.4, -0.2) is 113 Å². The molecule has 0 aromatic heterocycles. The average Bonchev–Trinajstić information content (AvgIpc) is 2.81. The van der Waals surface area contributed by atoms with Crippen LogP contribution in [0.2, 0.25) is 0 Å². The number of phosphoric acid groups is 1.